The first-order valence-electron chi connectivity index (χ1n) is 11.8. The van der Waals surface area contributed by atoms with Crippen LogP contribution in [0.1, 0.15) is 23.6 Å². The molecule has 180 valence electrons. The maximum atomic E-state index is 12.9. The van der Waals surface area contributed by atoms with Gasteiger partial charge in [0.25, 0.3) is 11.1 Å². The lowest BCUT2D eigenvalue weighted by molar-refractivity contribution is -0.123. The van der Waals surface area contributed by atoms with Crippen molar-refractivity contribution in [1.29, 1.82) is 0 Å². The van der Waals surface area contributed by atoms with E-state index in [1.165, 1.54) is 10.3 Å². The van der Waals surface area contributed by atoms with Crippen LogP contribution in [0.15, 0.2) is 95.9 Å². The summed E-state index contributed by atoms with van der Waals surface area (Å²) in [6.45, 7) is 3.05. The summed E-state index contributed by atoms with van der Waals surface area (Å²) in [5.74, 6) is 0.928. The van der Waals surface area contributed by atoms with Gasteiger partial charge in [-0.2, -0.15) is 0 Å². The van der Waals surface area contributed by atoms with Crippen LogP contribution in [-0.4, -0.2) is 22.7 Å². The summed E-state index contributed by atoms with van der Waals surface area (Å²) in [5, 5.41) is 2.05. The number of imide groups is 1. The Morgan fingerprint density at radius 2 is 1.61 bits per heavy atom. The molecule has 6 heteroatoms. The van der Waals surface area contributed by atoms with E-state index in [1.54, 1.807) is 6.08 Å². The maximum Gasteiger partial charge on any atom is 0.293 e. The Kier molecular flexibility index (Phi) is 7.05. The van der Waals surface area contributed by atoms with Crippen LogP contribution in [0, 0.1) is 0 Å². The number of hydrogen-bond donors (Lipinski definition) is 0. The van der Waals surface area contributed by atoms with Crippen LogP contribution >= 0.6 is 11.8 Å². The Morgan fingerprint density at radius 1 is 0.833 bits per heavy atom. The van der Waals surface area contributed by atoms with Crippen LogP contribution in [0.25, 0.3) is 16.8 Å². The second-order valence-corrected chi connectivity index (χ2v) is 9.31. The van der Waals surface area contributed by atoms with E-state index in [0.29, 0.717) is 29.6 Å². The lowest BCUT2D eigenvalue weighted by atomic mass is 10.1. The fourth-order valence-electron chi connectivity index (χ4n) is 4.13. The number of amides is 2. The summed E-state index contributed by atoms with van der Waals surface area (Å²) in [5.41, 5.74) is 2.76. The van der Waals surface area contributed by atoms with Crippen LogP contribution in [0.4, 0.5) is 4.79 Å². The summed E-state index contributed by atoms with van der Waals surface area (Å²) in [6.07, 6.45) is 1.73. The molecule has 1 heterocycles. The zero-order valence-electron chi connectivity index (χ0n) is 19.8. The molecule has 5 nitrogen and oxygen atoms in total. The monoisotopic (exact) mass is 495 g/mol. The van der Waals surface area contributed by atoms with Crippen molar-refractivity contribution in [3.8, 4) is 11.5 Å². The number of fused-ring (bicyclic) bond motifs is 1. The predicted molar refractivity (Wildman–Crippen MR) is 144 cm³/mol. The molecule has 5 rings (SSSR count). The van der Waals surface area contributed by atoms with Crippen molar-refractivity contribution in [2.45, 2.75) is 20.1 Å². The molecule has 4 aromatic carbocycles. The average molecular weight is 496 g/mol. The molecule has 4 aromatic rings. The highest BCUT2D eigenvalue weighted by molar-refractivity contribution is 8.18. The van der Waals surface area contributed by atoms with Crippen molar-refractivity contribution in [2.75, 3.05) is 6.61 Å². The summed E-state index contributed by atoms with van der Waals surface area (Å²) in [7, 11) is 0. The van der Waals surface area contributed by atoms with Crippen molar-refractivity contribution in [3.63, 3.8) is 0 Å². The lowest BCUT2D eigenvalue weighted by Gasteiger charge is -2.14. The SMILES string of the molecule is CCOc1cc(/C=C2/SC(=O)N(Cc3ccccc3)C2=O)ccc1OCc1cccc2ccccc12. The number of nitrogens with zero attached hydrogens (tertiary/aromatic N) is 1. The van der Waals surface area contributed by atoms with Crippen molar-refractivity contribution in [3.05, 3.63) is 113 Å². The topological polar surface area (TPSA) is 55.8 Å². The van der Waals surface area contributed by atoms with Crippen LogP contribution in [-0.2, 0) is 17.9 Å². The predicted octanol–water partition coefficient (Wildman–Crippen LogP) is 7.05. The number of benzene rings is 4. The van der Waals surface area contributed by atoms with Gasteiger partial charge in [0.15, 0.2) is 11.5 Å². The number of rotatable bonds is 8. The van der Waals surface area contributed by atoms with E-state index >= 15 is 0 Å². The molecule has 0 unspecified atom stereocenters. The summed E-state index contributed by atoms with van der Waals surface area (Å²) < 4.78 is 12.0. The van der Waals surface area contributed by atoms with E-state index in [0.717, 1.165) is 33.8 Å². The second-order valence-electron chi connectivity index (χ2n) is 8.32. The molecule has 0 spiro atoms. The van der Waals surface area contributed by atoms with Gasteiger partial charge in [0.05, 0.1) is 18.1 Å². The molecular weight excluding hydrogens is 470 g/mol. The average Bonchev–Trinajstić information content (AvgIpc) is 3.16. The van der Waals surface area contributed by atoms with Crippen molar-refractivity contribution in [2.24, 2.45) is 0 Å². The summed E-state index contributed by atoms with van der Waals surface area (Å²) >= 11 is 0.954. The number of thioether (sulfide) groups is 1. The van der Waals surface area contributed by atoms with Gasteiger partial charge in [0.1, 0.15) is 6.61 Å². The molecule has 0 bridgehead atoms. The zero-order valence-corrected chi connectivity index (χ0v) is 20.7. The minimum atomic E-state index is -0.289. The van der Waals surface area contributed by atoms with Gasteiger partial charge >= 0.3 is 0 Å². The van der Waals surface area contributed by atoms with Gasteiger partial charge in [0.2, 0.25) is 0 Å². The van der Waals surface area contributed by atoms with Crippen molar-refractivity contribution >= 4 is 39.8 Å². The van der Waals surface area contributed by atoms with Gasteiger partial charge in [0, 0.05) is 0 Å². The van der Waals surface area contributed by atoms with E-state index in [-0.39, 0.29) is 17.7 Å². The first kappa shape index (κ1) is 23.7. The summed E-state index contributed by atoms with van der Waals surface area (Å²) in [6, 6.07) is 29.4. The molecular formula is C30H25NO4S. The highest BCUT2D eigenvalue weighted by Crippen LogP contribution is 2.36. The molecule has 36 heavy (non-hydrogen) atoms. The van der Waals surface area contributed by atoms with Gasteiger partial charge in [-0.1, -0.05) is 78.9 Å². The molecule has 1 aliphatic heterocycles. The number of ether oxygens (including phenoxy) is 2. The van der Waals surface area contributed by atoms with Crippen LogP contribution in [0.5, 0.6) is 11.5 Å². The standard InChI is InChI=1S/C30H25NO4S/c1-2-34-27-17-22(18-28-29(32)31(30(33)36-28)19-21-9-4-3-5-10-21)15-16-26(27)35-20-24-13-8-12-23-11-6-7-14-25(23)24/h3-18H,2,19-20H2,1H3/b28-18+. The third-order valence-electron chi connectivity index (χ3n) is 5.89. The van der Waals surface area contributed by atoms with E-state index in [4.69, 9.17) is 9.47 Å². The molecule has 0 aromatic heterocycles. The van der Waals surface area contributed by atoms with Crippen LogP contribution in [0.2, 0.25) is 0 Å². The first-order chi connectivity index (χ1) is 17.6. The van der Waals surface area contributed by atoms with E-state index in [2.05, 4.69) is 24.3 Å². The fourth-order valence-corrected chi connectivity index (χ4v) is 4.97. The van der Waals surface area contributed by atoms with Crippen LogP contribution < -0.4 is 9.47 Å². The molecule has 1 aliphatic rings. The third-order valence-corrected chi connectivity index (χ3v) is 6.79. The number of carbonyl (C=O) groups excluding carboxylic acids is 2. The Balaban J connectivity index is 1.34. The van der Waals surface area contributed by atoms with Crippen molar-refractivity contribution < 1.29 is 19.1 Å². The normalized spacial score (nSPS) is 14.6. The van der Waals surface area contributed by atoms with Gasteiger partial charge in [-0.05, 0) is 64.4 Å². The van der Waals surface area contributed by atoms with E-state index in [1.807, 2.05) is 73.7 Å². The minimum Gasteiger partial charge on any atom is -0.490 e. The molecule has 0 N–H and O–H groups in total. The largest absolute Gasteiger partial charge is 0.490 e. The summed E-state index contributed by atoms with van der Waals surface area (Å²) in [4.78, 5) is 27.1. The second kappa shape index (κ2) is 10.7. The molecule has 1 fully saturated rings. The Hall–Kier alpha value is -4.03. The quantitative estimate of drug-likeness (QED) is 0.245. The molecule has 0 radical (unpaired) electrons. The molecule has 1 saturated heterocycles. The van der Waals surface area contributed by atoms with Gasteiger partial charge in [-0.3, -0.25) is 14.5 Å². The number of carbonyl (C=O) groups is 2. The first-order valence-corrected chi connectivity index (χ1v) is 12.6. The molecule has 0 aliphatic carbocycles. The fraction of sp³-hybridized carbons (Fsp3) is 0.133. The third kappa shape index (κ3) is 5.14. The molecule has 0 atom stereocenters. The maximum absolute atomic E-state index is 12.9. The smallest absolute Gasteiger partial charge is 0.293 e. The Morgan fingerprint density at radius 3 is 2.44 bits per heavy atom. The van der Waals surface area contributed by atoms with E-state index < -0.39 is 0 Å². The Bertz CT molecular complexity index is 1440. The van der Waals surface area contributed by atoms with Crippen LogP contribution in [0.3, 0.4) is 0 Å². The Labute approximate surface area is 214 Å². The minimum absolute atomic E-state index is 0.258. The van der Waals surface area contributed by atoms with Gasteiger partial charge < -0.3 is 9.47 Å². The van der Waals surface area contributed by atoms with E-state index in [9.17, 15) is 9.59 Å². The van der Waals surface area contributed by atoms with Crippen molar-refractivity contribution in [1.82, 2.24) is 4.90 Å². The zero-order chi connectivity index (χ0) is 24.9. The van der Waals surface area contributed by atoms with Gasteiger partial charge in [-0.15, -0.1) is 0 Å². The highest BCUT2D eigenvalue weighted by atomic mass is 32.2. The molecule has 2 amide bonds. The highest BCUT2D eigenvalue weighted by Gasteiger charge is 2.35. The lowest BCUT2D eigenvalue weighted by Crippen LogP contribution is -2.27. The van der Waals surface area contributed by atoms with Gasteiger partial charge in [-0.25, -0.2) is 0 Å². The number of hydrogen-bond acceptors (Lipinski definition) is 5. The molecule has 0 saturated carbocycles.